The van der Waals surface area contributed by atoms with E-state index in [0.717, 1.165) is 29.2 Å². The summed E-state index contributed by atoms with van der Waals surface area (Å²) in [7, 11) is 0. The van der Waals surface area contributed by atoms with Crippen molar-refractivity contribution in [3.63, 3.8) is 0 Å². The molecule has 23 heavy (non-hydrogen) atoms. The third-order valence-electron chi connectivity index (χ3n) is 4.06. The lowest BCUT2D eigenvalue weighted by molar-refractivity contribution is 0.0732. The number of imidazole rings is 1. The molecular formula is C16H16N6O. The molecule has 0 atom stereocenters. The van der Waals surface area contributed by atoms with E-state index in [1.54, 1.807) is 0 Å². The third kappa shape index (κ3) is 2.50. The molecule has 3 aromatic rings. The highest BCUT2D eigenvalue weighted by Gasteiger charge is 2.24. The van der Waals surface area contributed by atoms with Crippen molar-refractivity contribution in [1.82, 2.24) is 30.0 Å². The van der Waals surface area contributed by atoms with Crippen LogP contribution in [-0.4, -0.2) is 42.5 Å². The van der Waals surface area contributed by atoms with Gasteiger partial charge in [0.15, 0.2) is 5.82 Å². The van der Waals surface area contributed by atoms with Gasteiger partial charge in [0.2, 0.25) is 0 Å². The van der Waals surface area contributed by atoms with Gasteiger partial charge in [-0.3, -0.25) is 9.89 Å². The van der Waals surface area contributed by atoms with Crippen LogP contribution >= 0.6 is 0 Å². The molecule has 7 nitrogen and oxygen atoms in total. The molecule has 0 fully saturated rings. The summed E-state index contributed by atoms with van der Waals surface area (Å²) in [5.41, 5.74) is 3.70. The van der Waals surface area contributed by atoms with Gasteiger partial charge in [-0.05, 0) is 19.1 Å². The van der Waals surface area contributed by atoms with Gasteiger partial charge in [-0.25, -0.2) is 9.97 Å². The molecule has 2 aromatic heterocycles. The number of nitrogens with zero attached hydrogens (tertiary/aromatic N) is 4. The number of carbonyl (C=O) groups is 1. The Bertz CT molecular complexity index is 834. The van der Waals surface area contributed by atoms with Gasteiger partial charge >= 0.3 is 0 Å². The number of amides is 1. The molecule has 1 aliphatic rings. The van der Waals surface area contributed by atoms with Gasteiger partial charge in [-0.2, -0.15) is 5.10 Å². The largest absolute Gasteiger partial charge is 0.344 e. The Morgan fingerprint density at radius 3 is 2.83 bits per heavy atom. The molecule has 3 heterocycles. The second kappa shape index (κ2) is 5.35. The van der Waals surface area contributed by atoms with Crippen LogP contribution in [0, 0.1) is 6.92 Å². The normalized spacial score (nSPS) is 13.9. The molecule has 0 radical (unpaired) electrons. The average molecular weight is 308 g/mol. The van der Waals surface area contributed by atoms with E-state index in [-0.39, 0.29) is 5.91 Å². The molecule has 1 aliphatic heterocycles. The van der Waals surface area contributed by atoms with Crippen molar-refractivity contribution in [2.24, 2.45) is 0 Å². The van der Waals surface area contributed by atoms with Gasteiger partial charge in [0.1, 0.15) is 12.2 Å². The number of hydrogen-bond donors (Lipinski definition) is 2. The summed E-state index contributed by atoms with van der Waals surface area (Å²) >= 11 is 0. The summed E-state index contributed by atoms with van der Waals surface area (Å²) in [4.78, 5) is 26.3. The molecule has 0 aliphatic carbocycles. The zero-order valence-corrected chi connectivity index (χ0v) is 12.7. The molecule has 1 aromatic carbocycles. The molecule has 0 unspecified atom stereocenters. The van der Waals surface area contributed by atoms with Gasteiger partial charge < -0.3 is 9.88 Å². The van der Waals surface area contributed by atoms with Crippen LogP contribution in [-0.2, 0) is 13.0 Å². The van der Waals surface area contributed by atoms with Crippen LogP contribution in [0.25, 0.3) is 11.4 Å². The lowest BCUT2D eigenvalue weighted by Gasteiger charge is -2.26. The Hall–Kier alpha value is -2.96. The summed E-state index contributed by atoms with van der Waals surface area (Å²) in [5, 5.41) is 6.64. The first kappa shape index (κ1) is 13.7. The second-order valence-electron chi connectivity index (χ2n) is 5.64. The van der Waals surface area contributed by atoms with Crippen LogP contribution in [0.3, 0.4) is 0 Å². The number of fused-ring (bicyclic) bond motifs is 1. The van der Waals surface area contributed by atoms with Crippen LogP contribution < -0.4 is 0 Å². The zero-order chi connectivity index (χ0) is 15.8. The van der Waals surface area contributed by atoms with E-state index in [2.05, 4.69) is 25.1 Å². The highest BCUT2D eigenvalue weighted by Crippen LogP contribution is 2.20. The van der Waals surface area contributed by atoms with Gasteiger partial charge in [0, 0.05) is 24.1 Å². The number of aromatic amines is 2. The van der Waals surface area contributed by atoms with Crippen LogP contribution in [0.1, 0.15) is 27.6 Å². The summed E-state index contributed by atoms with van der Waals surface area (Å²) in [6.45, 7) is 3.21. The number of nitrogens with one attached hydrogen (secondary N) is 2. The maximum atomic E-state index is 12.7. The van der Waals surface area contributed by atoms with E-state index in [0.29, 0.717) is 24.5 Å². The zero-order valence-electron chi connectivity index (χ0n) is 12.7. The minimum absolute atomic E-state index is 0.0343. The molecule has 0 bridgehead atoms. The quantitative estimate of drug-likeness (QED) is 0.754. The van der Waals surface area contributed by atoms with Crippen LogP contribution in [0.5, 0.6) is 0 Å². The van der Waals surface area contributed by atoms with Crippen molar-refractivity contribution in [2.75, 3.05) is 6.54 Å². The van der Waals surface area contributed by atoms with Crippen LogP contribution in [0.15, 0.2) is 30.6 Å². The molecule has 0 saturated carbocycles. The van der Waals surface area contributed by atoms with Gasteiger partial charge in [0.05, 0.1) is 17.9 Å². The lowest BCUT2D eigenvalue weighted by atomic mass is 10.1. The van der Waals surface area contributed by atoms with E-state index in [1.165, 1.54) is 6.33 Å². The average Bonchev–Trinajstić information content (AvgIpc) is 3.22. The smallest absolute Gasteiger partial charge is 0.254 e. The fourth-order valence-electron chi connectivity index (χ4n) is 2.91. The molecule has 1 amide bonds. The first-order chi connectivity index (χ1) is 11.2. The summed E-state index contributed by atoms with van der Waals surface area (Å²) in [5.74, 6) is 1.63. The fourth-order valence-corrected chi connectivity index (χ4v) is 2.91. The molecule has 4 rings (SSSR count). The maximum Gasteiger partial charge on any atom is 0.254 e. The number of aryl methyl sites for hydroxylation is 1. The van der Waals surface area contributed by atoms with Crippen LogP contribution in [0.2, 0.25) is 0 Å². The van der Waals surface area contributed by atoms with E-state index in [9.17, 15) is 4.79 Å². The summed E-state index contributed by atoms with van der Waals surface area (Å²) in [6.07, 6.45) is 2.26. The number of benzene rings is 1. The Labute approximate surface area is 132 Å². The number of carbonyl (C=O) groups excluding carboxylic acids is 1. The Morgan fingerprint density at radius 2 is 2.09 bits per heavy atom. The van der Waals surface area contributed by atoms with Crippen molar-refractivity contribution in [3.8, 4) is 11.4 Å². The minimum atomic E-state index is 0.0343. The van der Waals surface area contributed by atoms with E-state index < -0.39 is 0 Å². The SMILES string of the molecule is Cc1nc2c([nH]1)CN(C(=O)c1ccc(-c3ncn[nH]3)cc1)CC2. The molecule has 0 spiro atoms. The predicted octanol–water partition coefficient (Wildman–Crippen LogP) is 1.70. The van der Waals surface area contributed by atoms with Crippen molar-refractivity contribution in [2.45, 2.75) is 19.9 Å². The minimum Gasteiger partial charge on any atom is -0.344 e. The predicted molar refractivity (Wildman–Crippen MR) is 83.6 cm³/mol. The highest BCUT2D eigenvalue weighted by molar-refractivity contribution is 5.94. The van der Waals surface area contributed by atoms with E-state index in [1.807, 2.05) is 36.1 Å². The Balaban J connectivity index is 1.53. The Morgan fingerprint density at radius 1 is 1.26 bits per heavy atom. The third-order valence-corrected chi connectivity index (χ3v) is 4.06. The monoisotopic (exact) mass is 308 g/mol. The highest BCUT2D eigenvalue weighted by atomic mass is 16.2. The van der Waals surface area contributed by atoms with Gasteiger partial charge in [-0.15, -0.1) is 0 Å². The maximum absolute atomic E-state index is 12.7. The number of H-pyrrole nitrogens is 2. The lowest BCUT2D eigenvalue weighted by Crippen LogP contribution is -2.36. The molecule has 116 valence electrons. The Kier molecular flexibility index (Phi) is 3.18. The van der Waals surface area contributed by atoms with Gasteiger partial charge in [-0.1, -0.05) is 12.1 Å². The molecule has 7 heteroatoms. The topological polar surface area (TPSA) is 90.6 Å². The fraction of sp³-hybridized carbons (Fsp3) is 0.250. The standard InChI is InChI=1S/C16H16N6O/c1-10-19-13-6-7-22(8-14(13)20-10)16(23)12-4-2-11(3-5-12)15-17-9-18-21-15/h2-5,9H,6-8H2,1H3,(H,19,20)(H,17,18,21). The first-order valence-electron chi connectivity index (χ1n) is 7.50. The number of rotatable bonds is 2. The molecule has 0 saturated heterocycles. The van der Waals surface area contributed by atoms with Crippen molar-refractivity contribution in [3.05, 3.63) is 53.4 Å². The van der Waals surface area contributed by atoms with E-state index >= 15 is 0 Å². The molecular weight excluding hydrogens is 292 g/mol. The van der Waals surface area contributed by atoms with Crippen LogP contribution in [0.4, 0.5) is 0 Å². The van der Waals surface area contributed by atoms with Gasteiger partial charge in [0.25, 0.3) is 5.91 Å². The van der Waals surface area contributed by atoms with Crippen molar-refractivity contribution in [1.29, 1.82) is 0 Å². The van der Waals surface area contributed by atoms with Crippen molar-refractivity contribution < 1.29 is 4.79 Å². The number of aromatic nitrogens is 5. The number of hydrogen-bond acceptors (Lipinski definition) is 4. The van der Waals surface area contributed by atoms with Crippen molar-refractivity contribution >= 4 is 5.91 Å². The summed E-state index contributed by atoms with van der Waals surface area (Å²) in [6, 6.07) is 7.41. The van der Waals surface area contributed by atoms with E-state index in [4.69, 9.17) is 0 Å². The second-order valence-corrected chi connectivity index (χ2v) is 5.64. The molecule has 2 N–H and O–H groups in total. The summed E-state index contributed by atoms with van der Waals surface area (Å²) < 4.78 is 0. The first-order valence-corrected chi connectivity index (χ1v) is 7.50.